The molecule has 14 heavy (non-hydrogen) atoms. The molecule has 0 aliphatic heterocycles. The molecule has 0 unspecified atom stereocenters. The van der Waals surface area contributed by atoms with E-state index in [9.17, 15) is 5.11 Å². The smallest absolute Gasteiger partial charge is 0.143 e. The van der Waals surface area contributed by atoms with E-state index in [4.69, 9.17) is 0 Å². The molecule has 2 aromatic rings. The van der Waals surface area contributed by atoms with Crippen LogP contribution in [0.25, 0.3) is 10.8 Å². The highest BCUT2D eigenvalue weighted by Gasteiger charge is 2.12. The minimum Gasteiger partial charge on any atom is -0.506 e. The summed E-state index contributed by atoms with van der Waals surface area (Å²) in [6, 6.07) is 8.14. The van der Waals surface area contributed by atoms with E-state index in [0.29, 0.717) is 5.75 Å². The summed E-state index contributed by atoms with van der Waals surface area (Å²) in [5, 5.41) is 12.2. The third kappa shape index (κ3) is 1.73. The molecule has 0 amide bonds. The largest absolute Gasteiger partial charge is 0.506 e. The summed E-state index contributed by atoms with van der Waals surface area (Å²) in [6.45, 7) is 0. The van der Waals surface area contributed by atoms with Crippen molar-refractivity contribution in [1.29, 1.82) is 0 Å². The monoisotopic (exact) mass is 522 g/mol. The predicted octanol–water partition coefficient (Wildman–Crippen LogP) is 4.36. The zero-order valence-corrected chi connectivity index (χ0v) is 13.4. The van der Waals surface area contributed by atoms with Crippen LogP contribution in [0.1, 0.15) is 0 Å². The molecule has 2 aromatic carbocycles. The van der Waals surface area contributed by atoms with Gasteiger partial charge in [0.2, 0.25) is 0 Å². The number of hydrogen-bond acceptors (Lipinski definition) is 1. The number of phenolic OH excluding ortho intramolecular Hbond substituents is 1. The fourth-order valence-electron chi connectivity index (χ4n) is 1.31. The Kier molecular flexibility index (Phi) is 3.42. The molecule has 4 heteroatoms. The first-order valence-corrected chi connectivity index (χ1v) is 7.10. The van der Waals surface area contributed by atoms with Gasteiger partial charge in [-0.25, -0.2) is 0 Å². The van der Waals surface area contributed by atoms with Gasteiger partial charge in [-0.15, -0.1) is 0 Å². The maximum atomic E-state index is 9.87. The van der Waals surface area contributed by atoms with Crippen LogP contribution in [0.15, 0.2) is 24.3 Å². The summed E-state index contributed by atoms with van der Waals surface area (Å²) in [5.74, 6) is 0.397. The minimum absolute atomic E-state index is 0.397. The van der Waals surface area contributed by atoms with Gasteiger partial charge in [-0.05, 0) is 78.5 Å². The van der Waals surface area contributed by atoms with Gasteiger partial charge >= 0.3 is 0 Å². The van der Waals surface area contributed by atoms with Crippen LogP contribution in [0, 0.1) is 10.7 Å². The molecule has 0 heterocycles. The second-order valence-corrected chi connectivity index (χ2v) is 6.07. The normalized spacial score (nSPS) is 10.8. The number of fused-ring (bicyclic) bond motifs is 1. The van der Waals surface area contributed by atoms with Crippen LogP contribution in [-0.2, 0) is 0 Å². The lowest BCUT2D eigenvalue weighted by Gasteiger charge is -2.08. The summed E-state index contributed by atoms with van der Waals surface area (Å²) >= 11 is 6.64. The van der Waals surface area contributed by atoms with Gasteiger partial charge in [0.25, 0.3) is 0 Å². The van der Waals surface area contributed by atoms with Crippen molar-refractivity contribution in [2.75, 3.05) is 0 Å². The standard InChI is InChI=1S/C10H5I3O/c11-7-5-3-1-2-4-6(5)8(12)10(14)9(7)13/h1-4,14H. The molecule has 2 rings (SSSR count). The van der Waals surface area contributed by atoms with Crippen molar-refractivity contribution < 1.29 is 5.11 Å². The average molecular weight is 522 g/mol. The average Bonchev–Trinajstić information content (AvgIpc) is 2.23. The molecule has 0 atom stereocenters. The summed E-state index contributed by atoms with van der Waals surface area (Å²) in [7, 11) is 0. The number of aromatic hydroxyl groups is 1. The molecule has 0 radical (unpaired) electrons. The van der Waals surface area contributed by atoms with E-state index in [0.717, 1.165) is 16.1 Å². The van der Waals surface area contributed by atoms with Crippen LogP contribution in [0.2, 0.25) is 0 Å². The third-order valence-electron chi connectivity index (χ3n) is 2.01. The Morgan fingerprint density at radius 2 is 1.29 bits per heavy atom. The highest BCUT2D eigenvalue weighted by Crippen LogP contribution is 2.37. The number of hydrogen-bond donors (Lipinski definition) is 1. The van der Waals surface area contributed by atoms with Crippen molar-refractivity contribution in [3.8, 4) is 5.75 Å². The van der Waals surface area contributed by atoms with Crippen LogP contribution in [-0.4, -0.2) is 5.11 Å². The van der Waals surface area contributed by atoms with E-state index in [1.54, 1.807) is 0 Å². The number of phenols is 1. The Balaban J connectivity index is 3.02. The lowest BCUT2D eigenvalue weighted by atomic mass is 10.1. The van der Waals surface area contributed by atoms with Gasteiger partial charge in [0, 0.05) is 3.57 Å². The second kappa shape index (κ2) is 4.28. The Morgan fingerprint density at radius 3 is 1.86 bits per heavy atom. The molecular weight excluding hydrogens is 517 g/mol. The Morgan fingerprint density at radius 1 is 0.786 bits per heavy atom. The first-order chi connectivity index (χ1) is 6.63. The van der Waals surface area contributed by atoms with E-state index in [1.165, 1.54) is 5.39 Å². The molecule has 0 aromatic heterocycles. The van der Waals surface area contributed by atoms with E-state index in [-0.39, 0.29) is 0 Å². The van der Waals surface area contributed by atoms with Crippen molar-refractivity contribution in [1.82, 2.24) is 0 Å². The lowest BCUT2D eigenvalue weighted by molar-refractivity contribution is 0.468. The van der Waals surface area contributed by atoms with Gasteiger partial charge in [-0.1, -0.05) is 24.3 Å². The van der Waals surface area contributed by atoms with Crippen molar-refractivity contribution >= 4 is 78.5 Å². The van der Waals surface area contributed by atoms with Gasteiger partial charge in [0.15, 0.2) is 0 Å². The van der Waals surface area contributed by atoms with Gasteiger partial charge in [-0.2, -0.15) is 0 Å². The summed E-state index contributed by atoms with van der Waals surface area (Å²) in [5.41, 5.74) is 0. The zero-order valence-electron chi connectivity index (χ0n) is 6.89. The van der Waals surface area contributed by atoms with Crippen molar-refractivity contribution in [2.45, 2.75) is 0 Å². The molecule has 0 saturated heterocycles. The highest BCUT2D eigenvalue weighted by atomic mass is 127. The van der Waals surface area contributed by atoms with Crippen LogP contribution in [0.4, 0.5) is 0 Å². The quantitative estimate of drug-likeness (QED) is 0.404. The fraction of sp³-hybridized carbons (Fsp3) is 0. The topological polar surface area (TPSA) is 20.2 Å². The van der Waals surface area contributed by atoms with Gasteiger partial charge in [0.05, 0.1) is 7.14 Å². The zero-order chi connectivity index (χ0) is 10.3. The number of halogens is 3. The molecule has 0 bridgehead atoms. The SMILES string of the molecule is Oc1c(I)c(I)c2ccccc2c1I. The Labute approximate surface area is 123 Å². The maximum Gasteiger partial charge on any atom is 0.143 e. The van der Waals surface area contributed by atoms with Gasteiger partial charge < -0.3 is 5.11 Å². The Bertz CT molecular complexity index is 462. The van der Waals surface area contributed by atoms with Crippen molar-refractivity contribution in [2.24, 2.45) is 0 Å². The molecule has 0 spiro atoms. The fourth-order valence-corrected chi connectivity index (χ4v) is 3.85. The first kappa shape index (κ1) is 11.2. The minimum atomic E-state index is 0.397. The molecule has 1 nitrogen and oxygen atoms in total. The predicted molar refractivity (Wildman–Crippen MR) is 83.8 cm³/mol. The summed E-state index contributed by atoms with van der Waals surface area (Å²) < 4.78 is 2.99. The molecule has 72 valence electrons. The van der Waals surface area contributed by atoms with Crippen LogP contribution >= 0.6 is 67.8 Å². The van der Waals surface area contributed by atoms with Crippen molar-refractivity contribution in [3.05, 3.63) is 35.0 Å². The molecule has 0 aliphatic carbocycles. The molecule has 1 N–H and O–H groups in total. The van der Waals surface area contributed by atoms with Crippen LogP contribution in [0.5, 0.6) is 5.75 Å². The van der Waals surface area contributed by atoms with Crippen LogP contribution in [0.3, 0.4) is 0 Å². The van der Waals surface area contributed by atoms with E-state index < -0.39 is 0 Å². The lowest BCUT2D eigenvalue weighted by Crippen LogP contribution is -1.88. The summed E-state index contributed by atoms with van der Waals surface area (Å²) in [6.07, 6.45) is 0. The van der Waals surface area contributed by atoms with Crippen molar-refractivity contribution in [3.63, 3.8) is 0 Å². The second-order valence-electron chi connectivity index (χ2n) is 2.84. The Hall–Kier alpha value is 0.690. The number of rotatable bonds is 0. The first-order valence-electron chi connectivity index (χ1n) is 3.87. The molecular formula is C10H5I3O. The van der Waals surface area contributed by atoms with Gasteiger partial charge in [0.1, 0.15) is 5.75 Å². The van der Waals surface area contributed by atoms with Crippen LogP contribution < -0.4 is 0 Å². The van der Waals surface area contributed by atoms with E-state index in [1.807, 2.05) is 18.2 Å². The van der Waals surface area contributed by atoms with Gasteiger partial charge in [-0.3, -0.25) is 0 Å². The molecule has 0 fully saturated rings. The number of benzene rings is 2. The maximum absolute atomic E-state index is 9.87. The molecule has 0 saturated carbocycles. The van der Waals surface area contributed by atoms with E-state index in [2.05, 4.69) is 73.8 Å². The highest BCUT2D eigenvalue weighted by molar-refractivity contribution is 14.1. The van der Waals surface area contributed by atoms with E-state index >= 15 is 0 Å². The summed E-state index contributed by atoms with van der Waals surface area (Å²) in [4.78, 5) is 0. The third-order valence-corrected chi connectivity index (χ3v) is 6.30. The molecule has 0 aliphatic rings.